The van der Waals surface area contributed by atoms with E-state index in [1.165, 1.54) is 55.6 Å². The molecule has 0 amide bonds. The second kappa shape index (κ2) is 5.09. The fourth-order valence-corrected chi connectivity index (χ4v) is 3.72. The van der Waals surface area contributed by atoms with Gasteiger partial charge in [0.25, 0.3) is 0 Å². The molecule has 0 spiro atoms. The van der Waals surface area contributed by atoms with Crippen molar-refractivity contribution in [3.8, 4) is 22.3 Å². The molecule has 1 aliphatic rings. The molecule has 3 aromatic rings. The molecule has 0 aliphatic heterocycles. The monoisotopic (exact) mass is 298 g/mol. The van der Waals surface area contributed by atoms with Gasteiger partial charge in [-0.3, -0.25) is 0 Å². The number of benzene rings is 3. The summed E-state index contributed by atoms with van der Waals surface area (Å²) in [6.45, 7) is 8.87. The van der Waals surface area contributed by atoms with Crippen LogP contribution < -0.4 is 0 Å². The van der Waals surface area contributed by atoms with Gasteiger partial charge in [-0.1, -0.05) is 54.1 Å². The van der Waals surface area contributed by atoms with E-state index in [0.29, 0.717) is 0 Å². The first kappa shape index (κ1) is 14.3. The van der Waals surface area contributed by atoms with Gasteiger partial charge in [-0.2, -0.15) is 0 Å². The Bertz CT molecular complexity index is 912. The smallest absolute Gasteiger partial charge is 0.00105 e. The van der Waals surface area contributed by atoms with Crippen molar-refractivity contribution in [2.75, 3.05) is 0 Å². The van der Waals surface area contributed by atoms with Crippen LogP contribution in [-0.2, 0) is 6.42 Å². The molecular formula is C23H22. The third-order valence-electron chi connectivity index (χ3n) is 5.44. The van der Waals surface area contributed by atoms with Crippen LogP contribution in [0.15, 0.2) is 48.5 Å². The number of rotatable bonds is 1. The average molecular weight is 298 g/mol. The summed E-state index contributed by atoms with van der Waals surface area (Å²) in [6, 6.07) is 18.1. The second-order valence-corrected chi connectivity index (χ2v) is 6.88. The molecule has 0 nitrogen and oxygen atoms in total. The van der Waals surface area contributed by atoms with E-state index in [9.17, 15) is 0 Å². The first-order chi connectivity index (χ1) is 11.0. The van der Waals surface area contributed by atoms with Gasteiger partial charge in [0.05, 0.1) is 0 Å². The molecule has 0 saturated carbocycles. The summed E-state index contributed by atoms with van der Waals surface area (Å²) in [6.07, 6.45) is 1.07. The van der Waals surface area contributed by atoms with E-state index in [4.69, 9.17) is 0 Å². The Hall–Kier alpha value is -2.34. The highest BCUT2D eigenvalue weighted by Crippen LogP contribution is 2.41. The van der Waals surface area contributed by atoms with E-state index in [1.54, 1.807) is 0 Å². The molecule has 114 valence electrons. The summed E-state index contributed by atoms with van der Waals surface area (Å²) in [5.74, 6) is 0. The van der Waals surface area contributed by atoms with Gasteiger partial charge in [0.2, 0.25) is 0 Å². The first-order valence-electron chi connectivity index (χ1n) is 8.34. The van der Waals surface area contributed by atoms with Crippen LogP contribution in [0.4, 0.5) is 0 Å². The fourth-order valence-electron chi connectivity index (χ4n) is 3.72. The number of hydrogen-bond donors (Lipinski definition) is 0. The molecule has 0 fully saturated rings. The molecule has 0 atom stereocenters. The lowest BCUT2D eigenvalue weighted by molar-refractivity contribution is 1.17. The standard InChI is InChI=1S/C23H22/c1-14-5-7-18(8-6-14)19-9-10-21-20(12-19)13-22-17(4)16(3)15(2)11-23(21)22/h5-12H,13H2,1-4H3. The molecule has 0 saturated heterocycles. The lowest BCUT2D eigenvalue weighted by atomic mass is 9.94. The van der Waals surface area contributed by atoms with Gasteiger partial charge in [-0.05, 0) is 84.2 Å². The summed E-state index contributed by atoms with van der Waals surface area (Å²) >= 11 is 0. The maximum atomic E-state index is 2.38. The number of hydrogen-bond acceptors (Lipinski definition) is 0. The Labute approximate surface area is 138 Å². The maximum Gasteiger partial charge on any atom is -0.00105 e. The van der Waals surface area contributed by atoms with Crippen LogP contribution >= 0.6 is 0 Å². The van der Waals surface area contributed by atoms with Gasteiger partial charge in [0.1, 0.15) is 0 Å². The van der Waals surface area contributed by atoms with E-state index >= 15 is 0 Å². The summed E-state index contributed by atoms with van der Waals surface area (Å²) in [5.41, 5.74) is 14.1. The molecule has 1 aliphatic carbocycles. The highest BCUT2D eigenvalue weighted by Gasteiger charge is 2.22. The van der Waals surface area contributed by atoms with Crippen LogP contribution in [-0.4, -0.2) is 0 Å². The minimum Gasteiger partial charge on any atom is -0.0587 e. The summed E-state index contributed by atoms with van der Waals surface area (Å²) in [7, 11) is 0. The van der Waals surface area contributed by atoms with Gasteiger partial charge in [0.15, 0.2) is 0 Å². The minimum atomic E-state index is 1.07. The van der Waals surface area contributed by atoms with Crippen LogP contribution in [0.1, 0.15) is 33.4 Å². The largest absolute Gasteiger partial charge is 0.0587 e. The van der Waals surface area contributed by atoms with E-state index in [-0.39, 0.29) is 0 Å². The molecule has 0 aromatic heterocycles. The van der Waals surface area contributed by atoms with Gasteiger partial charge in [-0.15, -0.1) is 0 Å². The molecule has 23 heavy (non-hydrogen) atoms. The first-order valence-corrected chi connectivity index (χ1v) is 8.34. The Kier molecular flexibility index (Phi) is 3.16. The maximum absolute atomic E-state index is 2.38. The van der Waals surface area contributed by atoms with Gasteiger partial charge < -0.3 is 0 Å². The Morgan fingerprint density at radius 3 is 2.09 bits per heavy atom. The van der Waals surface area contributed by atoms with Crippen molar-refractivity contribution in [1.29, 1.82) is 0 Å². The highest BCUT2D eigenvalue weighted by molar-refractivity contribution is 5.82. The van der Waals surface area contributed by atoms with E-state index in [2.05, 4.69) is 76.2 Å². The number of fused-ring (bicyclic) bond motifs is 3. The highest BCUT2D eigenvalue weighted by atomic mass is 14.3. The molecule has 4 rings (SSSR count). The summed E-state index contributed by atoms with van der Waals surface area (Å²) in [4.78, 5) is 0. The van der Waals surface area contributed by atoms with Crippen LogP contribution in [0.2, 0.25) is 0 Å². The molecular weight excluding hydrogens is 276 g/mol. The summed E-state index contributed by atoms with van der Waals surface area (Å²) < 4.78 is 0. The van der Waals surface area contributed by atoms with E-state index < -0.39 is 0 Å². The Balaban J connectivity index is 1.83. The number of aryl methyl sites for hydroxylation is 2. The Morgan fingerprint density at radius 1 is 0.652 bits per heavy atom. The fraction of sp³-hybridized carbons (Fsp3) is 0.217. The molecule has 0 bridgehead atoms. The van der Waals surface area contributed by atoms with Crippen LogP contribution in [0.3, 0.4) is 0 Å². The normalized spacial score (nSPS) is 12.2. The zero-order chi connectivity index (χ0) is 16.1. The topological polar surface area (TPSA) is 0 Å². The third kappa shape index (κ3) is 2.21. The molecule has 3 aromatic carbocycles. The average Bonchev–Trinajstić information content (AvgIpc) is 2.91. The molecule has 0 heteroatoms. The predicted octanol–water partition coefficient (Wildman–Crippen LogP) is 6.16. The van der Waals surface area contributed by atoms with E-state index in [1.807, 2.05) is 0 Å². The van der Waals surface area contributed by atoms with Crippen molar-refractivity contribution < 1.29 is 0 Å². The van der Waals surface area contributed by atoms with Crippen molar-refractivity contribution in [1.82, 2.24) is 0 Å². The van der Waals surface area contributed by atoms with Gasteiger partial charge in [0, 0.05) is 0 Å². The minimum absolute atomic E-state index is 1.07. The zero-order valence-electron chi connectivity index (χ0n) is 14.3. The van der Waals surface area contributed by atoms with Crippen molar-refractivity contribution in [2.24, 2.45) is 0 Å². The van der Waals surface area contributed by atoms with Crippen LogP contribution in [0.25, 0.3) is 22.3 Å². The zero-order valence-corrected chi connectivity index (χ0v) is 14.3. The lowest BCUT2D eigenvalue weighted by Crippen LogP contribution is -1.93. The molecule has 0 heterocycles. The van der Waals surface area contributed by atoms with E-state index in [0.717, 1.165) is 6.42 Å². The van der Waals surface area contributed by atoms with Gasteiger partial charge >= 0.3 is 0 Å². The Morgan fingerprint density at radius 2 is 1.35 bits per heavy atom. The molecule has 0 unspecified atom stereocenters. The van der Waals surface area contributed by atoms with Crippen LogP contribution in [0.5, 0.6) is 0 Å². The van der Waals surface area contributed by atoms with Crippen LogP contribution in [0, 0.1) is 27.7 Å². The molecule has 0 N–H and O–H groups in total. The summed E-state index contributed by atoms with van der Waals surface area (Å²) in [5, 5.41) is 0. The van der Waals surface area contributed by atoms with Gasteiger partial charge in [-0.25, -0.2) is 0 Å². The van der Waals surface area contributed by atoms with Crippen molar-refractivity contribution in [3.05, 3.63) is 81.9 Å². The second-order valence-electron chi connectivity index (χ2n) is 6.88. The predicted molar refractivity (Wildman–Crippen MR) is 99.1 cm³/mol. The third-order valence-corrected chi connectivity index (χ3v) is 5.44. The quantitative estimate of drug-likeness (QED) is 0.395. The van der Waals surface area contributed by atoms with Crippen molar-refractivity contribution in [3.63, 3.8) is 0 Å². The lowest BCUT2D eigenvalue weighted by Gasteiger charge is -2.11. The van der Waals surface area contributed by atoms with Crippen molar-refractivity contribution in [2.45, 2.75) is 34.1 Å². The SMILES string of the molecule is Cc1ccc(-c2ccc3c(c2)Cc2c-3cc(C)c(C)c2C)cc1. The molecule has 0 radical (unpaired) electrons. The van der Waals surface area contributed by atoms with Crippen molar-refractivity contribution >= 4 is 0 Å².